The number of nitrogens with one attached hydrogen (secondary N) is 1. The molecule has 0 radical (unpaired) electrons. The summed E-state index contributed by atoms with van der Waals surface area (Å²) < 4.78 is 0. The molecule has 1 aromatic carbocycles. The van der Waals surface area contributed by atoms with E-state index >= 15 is 0 Å². The molecule has 0 unspecified atom stereocenters. The largest absolute Gasteiger partial charge is 0.477 e. The number of halogens is 1. The van der Waals surface area contributed by atoms with Gasteiger partial charge < -0.3 is 10.4 Å². The Kier molecular flexibility index (Phi) is 3.82. The van der Waals surface area contributed by atoms with Gasteiger partial charge in [0.05, 0.1) is 5.69 Å². The highest BCUT2D eigenvalue weighted by Gasteiger charge is 2.19. The Balaban J connectivity index is 2.51. The highest BCUT2D eigenvalue weighted by Crippen LogP contribution is 2.32. The number of amides is 1. The van der Waals surface area contributed by atoms with Crippen LogP contribution in [0.4, 0.5) is 5.13 Å². The van der Waals surface area contributed by atoms with Gasteiger partial charge in [0.25, 0.3) is 0 Å². The maximum absolute atomic E-state index is 11.2. The number of nitrogens with zero attached hydrogens (tertiary/aromatic N) is 1. The summed E-state index contributed by atoms with van der Waals surface area (Å²) in [4.78, 5) is 26.4. The van der Waals surface area contributed by atoms with Gasteiger partial charge in [-0.3, -0.25) is 4.79 Å². The Labute approximate surface area is 117 Å². The second kappa shape index (κ2) is 5.38. The maximum atomic E-state index is 11.2. The molecule has 0 aliphatic carbocycles. The Bertz CT molecular complexity index is 654. The highest BCUT2D eigenvalue weighted by molar-refractivity contribution is 7.18. The number of aromatic nitrogens is 1. The number of hydrogen-bond donors (Lipinski definition) is 2. The van der Waals surface area contributed by atoms with Gasteiger partial charge in [0.2, 0.25) is 5.91 Å². The van der Waals surface area contributed by atoms with Crippen LogP contribution in [0, 0.1) is 0 Å². The lowest BCUT2D eigenvalue weighted by atomic mass is 10.1. The van der Waals surface area contributed by atoms with Crippen molar-refractivity contribution in [3.8, 4) is 11.3 Å². The number of carboxylic acid groups (broad SMARTS) is 1. The fourth-order valence-electron chi connectivity index (χ4n) is 1.50. The number of anilines is 1. The van der Waals surface area contributed by atoms with Gasteiger partial charge in [-0.25, -0.2) is 9.78 Å². The molecule has 1 heterocycles. The minimum absolute atomic E-state index is 0.0611. The summed E-state index contributed by atoms with van der Waals surface area (Å²) in [5.41, 5.74) is 0.890. The molecule has 0 bridgehead atoms. The van der Waals surface area contributed by atoms with Crippen LogP contribution >= 0.6 is 22.9 Å². The summed E-state index contributed by atoms with van der Waals surface area (Å²) in [6.07, 6.45) is 0. The average Bonchev–Trinajstić information content (AvgIpc) is 2.72. The van der Waals surface area contributed by atoms with E-state index in [0.29, 0.717) is 16.3 Å². The number of thiazole rings is 1. The van der Waals surface area contributed by atoms with E-state index in [1.54, 1.807) is 24.3 Å². The molecule has 0 aliphatic rings. The molecule has 0 aliphatic heterocycles. The minimum Gasteiger partial charge on any atom is -0.477 e. The molecule has 1 amide bonds. The van der Waals surface area contributed by atoms with Crippen LogP contribution in [0.3, 0.4) is 0 Å². The van der Waals surface area contributed by atoms with Crippen LogP contribution in [0.1, 0.15) is 16.6 Å². The highest BCUT2D eigenvalue weighted by atomic mass is 35.5. The zero-order chi connectivity index (χ0) is 14.0. The van der Waals surface area contributed by atoms with Crippen molar-refractivity contribution in [3.05, 3.63) is 34.2 Å². The van der Waals surface area contributed by atoms with Crippen molar-refractivity contribution in [3.63, 3.8) is 0 Å². The first-order chi connectivity index (χ1) is 8.97. The van der Waals surface area contributed by atoms with Gasteiger partial charge in [0, 0.05) is 17.5 Å². The van der Waals surface area contributed by atoms with Crippen LogP contribution < -0.4 is 5.32 Å². The van der Waals surface area contributed by atoms with Crippen molar-refractivity contribution in [1.82, 2.24) is 4.98 Å². The number of aromatic carboxylic acids is 1. The Morgan fingerprint density at radius 3 is 2.74 bits per heavy atom. The van der Waals surface area contributed by atoms with Crippen LogP contribution in [0.25, 0.3) is 11.3 Å². The van der Waals surface area contributed by atoms with Gasteiger partial charge in [-0.1, -0.05) is 35.1 Å². The average molecular weight is 297 g/mol. The van der Waals surface area contributed by atoms with E-state index in [1.165, 1.54) is 6.92 Å². The number of carbonyl (C=O) groups excluding carboxylic acids is 1. The third-order valence-electron chi connectivity index (χ3n) is 2.20. The van der Waals surface area contributed by atoms with Crippen molar-refractivity contribution >= 4 is 39.9 Å². The van der Waals surface area contributed by atoms with Crippen LogP contribution in [0.15, 0.2) is 24.3 Å². The fourth-order valence-corrected chi connectivity index (χ4v) is 2.56. The lowest BCUT2D eigenvalue weighted by Crippen LogP contribution is -2.04. The van der Waals surface area contributed by atoms with E-state index in [4.69, 9.17) is 16.7 Å². The molecule has 0 spiro atoms. The van der Waals surface area contributed by atoms with Gasteiger partial charge in [0.1, 0.15) is 4.88 Å². The van der Waals surface area contributed by atoms with Crippen LogP contribution in [-0.4, -0.2) is 22.0 Å². The molecule has 2 N–H and O–H groups in total. The van der Waals surface area contributed by atoms with Gasteiger partial charge >= 0.3 is 5.97 Å². The quantitative estimate of drug-likeness (QED) is 0.912. The Morgan fingerprint density at radius 1 is 1.42 bits per heavy atom. The van der Waals surface area contributed by atoms with Gasteiger partial charge in [-0.05, 0) is 12.1 Å². The SMILES string of the molecule is CC(=O)Nc1nc(-c2cccc(Cl)c2)c(C(=O)O)s1. The van der Waals surface area contributed by atoms with Crippen molar-refractivity contribution < 1.29 is 14.7 Å². The summed E-state index contributed by atoms with van der Waals surface area (Å²) in [5, 5.41) is 12.4. The number of benzene rings is 1. The van der Waals surface area contributed by atoms with E-state index in [1.807, 2.05) is 0 Å². The molecular formula is C12H9ClN2O3S. The zero-order valence-electron chi connectivity index (χ0n) is 9.81. The van der Waals surface area contributed by atoms with Gasteiger partial charge in [0.15, 0.2) is 5.13 Å². The molecule has 0 atom stereocenters. The third kappa shape index (κ3) is 3.10. The number of rotatable bonds is 3. The normalized spacial score (nSPS) is 10.2. The first-order valence-electron chi connectivity index (χ1n) is 5.25. The molecule has 7 heteroatoms. The van der Waals surface area contributed by atoms with Crippen molar-refractivity contribution in [2.24, 2.45) is 0 Å². The molecule has 2 aromatic rings. The lowest BCUT2D eigenvalue weighted by molar-refractivity contribution is -0.114. The molecular weight excluding hydrogens is 288 g/mol. The lowest BCUT2D eigenvalue weighted by Gasteiger charge is -1.99. The number of carbonyl (C=O) groups is 2. The predicted molar refractivity (Wildman–Crippen MR) is 73.8 cm³/mol. The van der Waals surface area contributed by atoms with E-state index in [0.717, 1.165) is 11.3 Å². The van der Waals surface area contributed by atoms with Crippen LogP contribution in [0.5, 0.6) is 0 Å². The van der Waals surface area contributed by atoms with Crippen LogP contribution in [-0.2, 0) is 4.79 Å². The van der Waals surface area contributed by atoms with Crippen molar-refractivity contribution in [2.75, 3.05) is 5.32 Å². The van der Waals surface area contributed by atoms with Crippen molar-refractivity contribution in [2.45, 2.75) is 6.92 Å². The number of carboxylic acids is 1. The summed E-state index contributed by atoms with van der Waals surface area (Å²) in [6, 6.07) is 6.73. The summed E-state index contributed by atoms with van der Waals surface area (Å²) in [6.45, 7) is 1.33. The molecule has 5 nitrogen and oxygen atoms in total. The second-order valence-corrected chi connectivity index (χ2v) is 5.13. The first-order valence-corrected chi connectivity index (χ1v) is 6.44. The molecule has 0 saturated carbocycles. The number of hydrogen-bond acceptors (Lipinski definition) is 4. The predicted octanol–water partition coefficient (Wildman–Crippen LogP) is 3.12. The summed E-state index contributed by atoms with van der Waals surface area (Å²) in [5.74, 6) is -1.40. The molecule has 98 valence electrons. The van der Waals surface area contributed by atoms with E-state index in [2.05, 4.69) is 10.3 Å². The van der Waals surface area contributed by atoms with E-state index in [-0.39, 0.29) is 15.9 Å². The fraction of sp³-hybridized carbons (Fsp3) is 0.0833. The minimum atomic E-state index is -1.09. The van der Waals surface area contributed by atoms with E-state index in [9.17, 15) is 9.59 Å². The molecule has 0 saturated heterocycles. The zero-order valence-corrected chi connectivity index (χ0v) is 11.4. The van der Waals surface area contributed by atoms with Crippen LogP contribution in [0.2, 0.25) is 5.02 Å². The first kappa shape index (κ1) is 13.5. The molecule has 2 rings (SSSR count). The summed E-state index contributed by atoms with van der Waals surface area (Å²) in [7, 11) is 0. The standard InChI is InChI=1S/C12H9ClN2O3S/c1-6(16)14-12-15-9(10(19-12)11(17)18)7-3-2-4-8(13)5-7/h2-5H,1H3,(H,17,18)(H,14,15,16). The van der Waals surface area contributed by atoms with Gasteiger partial charge in [-0.15, -0.1) is 0 Å². The maximum Gasteiger partial charge on any atom is 0.348 e. The topological polar surface area (TPSA) is 79.3 Å². The van der Waals surface area contributed by atoms with E-state index < -0.39 is 5.97 Å². The Morgan fingerprint density at radius 2 is 2.16 bits per heavy atom. The second-order valence-electron chi connectivity index (χ2n) is 3.69. The molecule has 0 fully saturated rings. The van der Waals surface area contributed by atoms with Gasteiger partial charge in [-0.2, -0.15) is 0 Å². The smallest absolute Gasteiger partial charge is 0.348 e. The molecule has 1 aromatic heterocycles. The monoisotopic (exact) mass is 296 g/mol. The van der Waals surface area contributed by atoms with Crippen molar-refractivity contribution in [1.29, 1.82) is 0 Å². The Hall–Kier alpha value is -1.92. The third-order valence-corrected chi connectivity index (χ3v) is 3.40. The molecule has 19 heavy (non-hydrogen) atoms. The summed E-state index contributed by atoms with van der Waals surface area (Å²) >= 11 is 6.79.